The number of nitrogens with one attached hydrogen (secondary N) is 2. The van der Waals surface area contributed by atoms with Crippen LogP contribution in [0.15, 0.2) is 53.4 Å². The van der Waals surface area contributed by atoms with Crippen molar-refractivity contribution < 1.29 is 13.2 Å². The molecule has 1 aliphatic carbocycles. The largest absolute Gasteiger partial charge is 0.322 e. The maximum atomic E-state index is 12.2. The van der Waals surface area contributed by atoms with E-state index in [1.807, 2.05) is 0 Å². The second kappa shape index (κ2) is 6.31. The molecule has 0 radical (unpaired) electrons. The topological polar surface area (TPSA) is 75.3 Å². The SMILES string of the molecule is O=C(Nc1cccc(S(=O)(=O)NC2CC2)c1)c1cccc(Cl)c1. The van der Waals surface area contributed by atoms with E-state index in [2.05, 4.69) is 10.0 Å². The van der Waals surface area contributed by atoms with Crippen molar-refractivity contribution in [3.63, 3.8) is 0 Å². The summed E-state index contributed by atoms with van der Waals surface area (Å²) in [7, 11) is -3.55. The molecule has 1 saturated carbocycles. The summed E-state index contributed by atoms with van der Waals surface area (Å²) in [5.41, 5.74) is 0.815. The van der Waals surface area contributed by atoms with E-state index in [0.717, 1.165) is 12.8 Å². The molecule has 0 aliphatic heterocycles. The van der Waals surface area contributed by atoms with Crippen LogP contribution in [0.25, 0.3) is 0 Å². The molecule has 23 heavy (non-hydrogen) atoms. The first-order chi connectivity index (χ1) is 10.9. The van der Waals surface area contributed by atoms with E-state index in [1.165, 1.54) is 12.1 Å². The Morgan fingerprint density at radius 1 is 1.09 bits per heavy atom. The van der Waals surface area contributed by atoms with Gasteiger partial charge >= 0.3 is 0 Å². The Labute approximate surface area is 139 Å². The van der Waals surface area contributed by atoms with Crippen molar-refractivity contribution in [1.29, 1.82) is 0 Å². The van der Waals surface area contributed by atoms with E-state index in [9.17, 15) is 13.2 Å². The lowest BCUT2D eigenvalue weighted by molar-refractivity contribution is 0.102. The molecule has 2 N–H and O–H groups in total. The van der Waals surface area contributed by atoms with Gasteiger partial charge < -0.3 is 5.32 Å². The molecule has 0 aromatic heterocycles. The third-order valence-corrected chi connectivity index (χ3v) is 5.14. The lowest BCUT2D eigenvalue weighted by Crippen LogP contribution is -2.25. The summed E-state index contributed by atoms with van der Waals surface area (Å²) >= 11 is 5.86. The lowest BCUT2D eigenvalue weighted by Gasteiger charge is -2.09. The summed E-state index contributed by atoms with van der Waals surface area (Å²) in [5, 5.41) is 3.14. The van der Waals surface area contributed by atoms with E-state index >= 15 is 0 Å². The number of carbonyl (C=O) groups is 1. The highest BCUT2D eigenvalue weighted by atomic mass is 35.5. The number of anilines is 1. The van der Waals surface area contributed by atoms with Crippen LogP contribution < -0.4 is 10.0 Å². The van der Waals surface area contributed by atoms with Crippen LogP contribution in [0.5, 0.6) is 0 Å². The highest BCUT2D eigenvalue weighted by molar-refractivity contribution is 7.89. The van der Waals surface area contributed by atoms with Crippen molar-refractivity contribution in [1.82, 2.24) is 4.72 Å². The first-order valence-corrected chi connectivity index (χ1v) is 8.99. The van der Waals surface area contributed by atoms with Crippen molar-refractivity contribution in [2.45, 2.75) is 23.8 Å². The van der Waals surface area contributed by atoms with Gasteiger partial charge in [-0.05, 0) is 49.2 Å². The Morgan fingerprint density at radius 2 is 1.83 bits per heavy atom. The number of halogens is 1. The average molecular weight is 351 g/mol. The number of benzene rings is 2. The lowest BCUT2D eigenvalue weighted by atomic mass is 10.2. The van der Waals surface area contributed by atoms with E-state index in [0.29, 0.717) is 16.3 Å². The fraction of sp³-hybridized carbons (Fsp3) is 0.188. The molecule has 2 aromatic carbocycles. The van der Waals surface area contributed by atoms with Crippen molar-refractivity contribution in [2.75, 3.05) is 5.32 Å². The molecule has 0 atom stereocenters. The molecule has 0 bridgehead atoms. The van der Waals surface area contributed by atoms with E-state index < -0.39 is 10.0 Å². The van der Waals surface area contributed by atoms with Gasteiger partial charge in [0.05, 0.1) is 4.90 Å². The molecule has 120 valence electrons. The van der Waals surface area contributed by atoms with Gasteiger partial charge in [0.25, 0.3) is 5.91 Å². The third kappa shape index (κ3) is 4.10. The third-order valence-electron chi connectivity index (χ3n) is 3.39. The Morgan fingerprint density at radius 3 is 2.52 bits per heavy atom. The number of hydrogen-bond donors (Lipinski definition) is 2. The summed E-state index contributed by atoms with van der Waals surface area (Å²) in [5.74, 6) is -0.350. The van der Waals surface area contributed by atoms with Crippen molar-refractivity contribution in [3.05, 3.63) is 59.1 Å². The van der Waals surface area contributed by atoms with Gasteiger partial charge in [0.2, 0.25) is 10.0 Å². The molecule has 7 heteroatoms. The fourth-order valence-electron chi connectivity index (χ4n) is 2.06. The molecular formula is C16H15ClN2O3S. The minimum absolute atomic E-state index is 0.0321. The second-order valence-corrected chi connectivity index (χ2v) is 7.54. The summed E-state index contributed by atoms with van der Waals surface area (Å²) in [6.45, 7) is 0. The first-order valence-electron chi connectivity index (χ1n) is 7.13. The van der Waals surface area contributed by atoms with Gasteiger partial charge in [-0.1, -0.05) is 23.7 Å². The Kier molecular flexibility index (Phi) is 4.39. The molecule has 1 aliphatic rings. The Bertz CT molecular complexity index is 848. The number of sulfonamides is 1. The van der Waals surface area contributed by atoms with Crippen LogP contribution in [0.2, 0.25) is 5.02 Å². The van der Waals surface area contributed by atoms with E-state index in [-0.39, 0.29) is 16.8 Å². The van der Waals surface area contributed by atoms with Crippen molar-refractivity contribution in [2.24, 2.45) is 0 Å². The first kappa shape index (κ1) is 16.0. The highest BCUT2D eigenvalue weighted by Gasteiger charge is 2.28. The normalized spacial score (nSPS) is 14.5. The van der Waals surface area contributed by atoms with E-state index in [1.54, 1.807) is 36.4 Å². The van der Waals surface area contributed by atoms with Crippen LogP contribution in [-0.2, 0) is 10.0 Å². The molecule has 2 aromatic rings. The molecule has 1 amide bonds. The average Bonchev–Trinajstić information content (AvgIpc) is 3.31. The summed E-state index contributed by atoms with van der Waals surface area (Å²) in [4.78, 5) is 12.3. The molecular weight excluding hydrogens is 336 g/mol. The number of rotatable bonds is 5. The zero-order chi connectivity index (χ0) is 16.4. The van der Waals surface area contributed by atoms with Crippen LogP contribution in [-0.4, -0.2) is 20.4 Å². The number of hydrogen-bond acceptors (Lipinski definition) is 3. The Hall–Kier alpha value is -1.89. The molecule has 0 heterocycles. The summed E-state index contributed by atoms with van der Waals surface area (Å²) in [6, 6.07) is 12.7. The maximum absolute atomic E-state index is 12.2. The Balaban J connectivity index is 1.78. The number of amides is 1. The zero-order valence-electron chi connectivity index (χ0n) is 12.1. The molecule has 3 rings (SSSR count). The smallest absolute Gasteiger partial charge is 0.255 e. The van der Waals surface area contributed by atoms with Gasteiger partial charge in [0.15, 0.2) is 0 Å². The van der Waals surface area contributed by atoms with Crippen LogP contribution in [0.4, 0.5) is 5.69 Å². The minimum Gasteiger partial charge on any atom is -0.322 e. The monoisotopic (exact) mass is 350 g/mol. The van der Waals surface area contributed by atoms with Gasteiger partial charge in [-0.25, -0.2) is 13.1 Å². The number of carbonyl (C=O) groups excluding carboxylic acids is 1. The van der Waals surface area contributed by atoms with Crippen LogP contribution in [0.3, 0.4) is 0 Å². The van der Waals surface area contributed by atoms with Crippen LogP contribution >= 0.6 is 11.6 Å². The summed E-state index contributed by atoms with van der Waals surface area (Å²) in [6.07, 6.45) is 1.73. The van der Waals surface area contributed by atoms with Crippen LogP contribution in [0.1, 0.15) is 23.2 Å². The predicted octanol–water partition coefficient (Wildman–Crippen LogP) is 3.03. The van der Waals surface area contributed by atoms with Crippen molar-refractivity contribution >= 4 is 33.2 Å². The van der Waals surface area contributed by atoms with Gasteiger partial charge in [-0.2, -0.15) is 0 Å². The van der Waals surface area contributed by atoms with E-state index in [4.69, 9.17) is 11.6 Å². The molecule has 0 spiro atoms. The predicted molar refractivity (Wildman–Crippen MR) is 89.2 cm³/mol. The standard InChI is InChI=1S/C16H15ClN2O3S/c17-12-4-1-3-11(9-12)16(20)18-14-5-2-6-15(10-14)23(21,22)19-13-7-8-13/h1-6,9-10,13,19H,7-8H2,(H,18,20). The molecule has 5 nitrogen and oxygen atoms in total. The highest BCUT2D eigenvalue weighted by Crippen LogP contribution is 2.23. The van der Waals surface area contributed by atoms with Gasteiger partial charge in [0, 0.05) is 22.3 Å². The van der Waals surface area contributed by atoms with Gasteiger partial charge in [-0.3, -0.25) is 4.79 Å². The molecule has 0 unspecified atom stereocenters. The fourth-order valence-corrected chi connectivity index (χ4v) is 3.60. The summed E-state index contributed by atoms with van der Waals surface area (Å²) < 4.78 is 27.0. The second-order valence-electron chi connectivity index (χ2n) is 5.39. The van der Waals surface area contributed by atoms with Crippen molar-refractivity contribution in [3.8, 4) is 0 Å². The zero-order valence-corrected chi connectivity index (χ0v) is 13.7. The van der Waals surface area contributed by atoms with Gasteiger partial charge in [-0.15, -0.1) is 0 Å². The molecule has 0 saturated heterocycles. The quantitative estimate of drug-likeness (QED) is 0.870. The van der Waals surface area contributed by atoms with Crippen LogP contribution in [0, 0.1) is 0 Å². The van der Waals surface area contributed by atoms with Gasteiger partial charge in [0.1, 0.15) is 0 Å². The maximum Gasteiger partial charge on any atom is 0.255 e. The molecule has 1 fully saturated rings. The minimum atomic E-state index is -3.55.